The summed E-state index contributed by atoms with van der Waals surface area (Å²) in [7, 11) is -3.36. The summed E-state index contributed by atoms with van der Waals surface area (Å²) in [5, 5.41) is 8.60. The number of rotatable bonds is 4. The van der Waals surface area contributed by atoms with Gasteiger partial charge in [0.15, 0.2) is 0 Å². The van der Waals surface area contributed by atoms with Crippen LogP contribution in [-0.4, -0.2) is 20.7 Å². The first-order valence-corrected chi connectivity index (χ1v) is 6.15. The summed E-state index contributed by atoms with van der Waals surface area (Å²) in [4.78, 5) is 0. The second kappa shape index (κ2) is 4.80. The summed E-state index contributed by atoms with van der Waals surface area (Å²) in [5.41, 5.74) is 0.529. The maximum absolute atomic E-state index is 11.7. The van der Waals surface area contributed by atoms with Gasteiger partial charge in [-0.1, -0.05) is 18.2 Å². The van der Waals surface area contributed by atoms with Gasteiger partial charge in [0.2, 0.25) is 10.0 Å². The highest BCUT2D eigenvalue weighted by Gasteiger charge is 2.19. The molecule has 0 atom stereocenters. The van der Waals surface area contributed by atoms with Crippen molar-refractivity contribution in [3.8, 4) is 6.07 Å². The predicted octanol–water partition coefficient (Wildman–Crippen LogP) is 1.37. The first-order chi connectivity index (χ1) is 7.11. The van der Waals surface area contributed by atoms with E-state index >= 15 is 0 Å². The number of hydrogen-bond acceptors (Lipinski definition) is 3. The van der Waals surface area contributed by atoms with Crippen LogP contribution in [0.1, 0.15) is 6.92 Å². The third-order valence-corrected chi connectivity index (χ3v) is 3.70. The minimum atomic E-state index is -3.36. The molecule has 4 nitrogen and oxygen atoms in total. The van der Waals surface area contributed by atoms with E-state index in [1.165, 1.54) is 0 Å². The molecule has 1 aromatic rings. The van der Waals surface area contributed by atoms with Crippen molar-refractivity contribution in [1.29, 1.82) is 5.26 Å². The fourth-order valence-electron chi connectivity index (χ4n) is 1.16. The number of para-hydroxylation sites is 1. The van der Waals surface area contributed by atoms with Gasteiger partial charge in [-0.2, -0.15) is 5.26 Å². The summed E-state index contributed by atoms with van der Waals surface area (Å²) in [6.07, 6.45) is 0. The topological polar surface area (TPSA) is 61.2 Å². The van der Waals surface area contributed by atoms with Gasteiger partial charge in [0.25, 0.3) is 0 Å². The van der Waals surface area contributed by atoms with Crippen LogP contribution < -0.4 is 4.31 Å². The van der Waals surface area contributed by atoms with Crippen LogP contribution in [0.4, 0.5) is 5.69 Å². The molecule has 0 amide bonds. The highest BCUT2D eigenvalue weighted by Crippen LogP contribution is 2.16. The number of hydrogen-bond donors (Lipinski definition) is 0. The van der Waals surface area contributed by atoms with E-state index < -0.39 is 10.0 Å². The molecule has 0 aliphatic heterocycles. The monoisotopic (exact) mass is 224 g/mol. The molecule has 0 saturated carbocycles. The van der Waals surface area contributed by atoms with Gasteiger partial charge < -0.3 is 0 Å². The van der Waals surface area contributed by atoms with E-state index in [2.05, 4.69) is 0 Å². The lowest BCUT2D eigenvalue weighted by molar-refractivity contribution is 0.594. The van der Waals surface area contributed by atoms with Crippen LogP contribution in [0.25, 0.3) is 0 Å². The summed E-state index contributed by atoms with van der Waals surface area (Å²) in [6.45, 7) is 1.41. The molecule has 0 unspecified atom stereocenters. The highest BCUT2D eigenvalue weighted by molar-refractivity contribution is 7.92. The molecule has 0 fully saturated rings. The van der Waals surface area contributed by atoms with Crippen molar-refractivity contribution in [2.45, 2.75) is 6.92 Å². The molecule has 0 bridgehead atoms. The molecule has 0 saturated heterocycles. The first-order valence-electron chi connectivity index (χ1n) is 4.54. The second-order valence-corrected chi connectivity index (χ2v) is 5.08. The van der Waals surface area contributed by atoms with Crippen molar-refractivity contribution in [3.05, 3.63) is 30.3 Å². The van der Waals surface area contributed by atoms with Crippen LogP contribution in [0.2, 0.25) is 0 Å². The average molecular weight is 224 g/mol. The van der Waals surface area contributed by atoms with E-state index in [9.17, 15) is 8.42 Å². The standard InChI is InChI=1S/C10H12N2O2S/c1-2-15(13,14)12(9-8-11)10-6-4-3-5-7-10/h3-7H,2,9H2,1H3. The van der Waals surface area contributed by atoms with Crippen molar-refractivity contribution in [3.63, 3.8) is 0 Å². The molecule has 0 aliphatic carbocycles. The van der Waals surface area contributed by atoms with Gasteiger partial charge in [0.05, 0.1) is 17.5 Å². The summed E-state index contributed by atoms with van der Waals surface area (Å²) in [5.74, 6) is -0.0103. The predicted molar refractivity (Wildman–Crippen MR) is 58.9 cm³/mol. The molecule has 0 spiro atoms. The number of nitrogens with zero attached hydrogens (tertiary/aromatic N) is 2. The van der Waals surface area contributed by atoms with E-state index in [-0.39, 0.29) is 12.3 Å². The number of sulfonamides is 1. The molecular formula is C10H12N2O2S. The normalized spacial score (nSPS) is 10.7. The Morgan fingerprint density at radius 1 is 1.33 bits per heavy atom. The Bertz CT molecular complexity index is 448. The molecule has 0 radical (unpaired) electrons. The van der Waals surface area contributed by atoms with E-state index in [0.29, 0.717) is 5.69 Å². The van der Waals surface area contributed by atoms with Crippen LogP contribution in [0, 0.1) is 11.3 Å². The zero-order chi connectivity index (χ0) is 11.3. The molecule has 15 heavy (non-hydrogen) atoms. The molecule has 80 valence electrons. The van der Waals surface area contributed by atoms with Crippen LogP contribution in [-0.2, 0) is 10.0 Å². The Hall–Kier alpha value is -1.54. The lowest BCUT2D eigenvalue weighted by Crippen LogP contribution is -2.32. The van der Waals surface area contributed by atoms with Gasteiger partial charge in [-0.05, 0) is 19.1 Å². The van der Waals surface area contributed by atoms with E-state index in [0.717, 1.165) is 4.31 Å². The smallest absolute Gasteiger partial charge is 0.235 e. The fourth-order valence-corrected chi connectivity index (χ4v) is 2.17. The lowest BCUT2D eigenvalue weighted by atomic mass is 10.3. The van der Waals surface area contributed by atoms with Crippen molar-refractivity contribution >= 4 is 15.7 Å². The fraction of sp³-hybridized carbons (Fsp3) is 0.300. The SMILES string of the molecule is CCS(=O)(=O)N(CC#N)c1ccccc1. The zero-order valence-electron chi connectivity index (χ0n) is 8.42. The van der Waals surface area contributed by atoms with Gasteiger partial charge in [-0.25, -0.2) is 8.42 Å². The second-order valence-electron chi connectivity index (χ2n) is 2.90. The first kappa shape index (κ1) is 11.5. The van der Waals surface area contributed by atoms with Crippen molar-refractivity contribution in [2.24, 2.45) is 0 Å². The number of anilines is 1. The quantitative estimate of drug-likeness (QED) is 0.725. The molecule has 0 N–H and O–H groups in total. The maximum atomic E-state index is 11.7. The Morgan fingerprint density at radius 3 is 2.40 bits per heavy atom. The van der Waals surface area contributed by atoms with Crippen molar-refractivity contribution < 1.29 is 8.42 Å². The average Bonchev–Trinajstić information content (AvgIpc) is 2.27. The highest BCUT2D eigenvalue weighted by atomic mass is 32.2. The summed E-state index contributed by atoms with van der Waals surface area (Å²) in [6, 6.07) is 10.5. The van der Waals surface area contributed by atoms with Gasteiger partial charge in [0.1, 0.15) is 6.54 Å². The van der Waals surface area contributed by atoms with E-state index in [1.807, 2.05) is 6.07 Å². The molecule has 1 rings (SSSR count). The zero-order valence-corrected chi connectivity index (χ0v) is 9.24. The lowest BCUT2D eigenvalue weighted by Gasteiger charge is -2.20. The third-order valence-electron chi connectivity index (χ3n) is 1.96. The van der Waals surface area contributed by atoms with E-state index in [4.69, 9.17) is 5.26 Å². The minimum absolute atomic E-state index is 0.0103. The number of benzene rings is 1. The van der Waals surface area contributed by atoms with Gasteiger partial charge in [0, 0.05) is 0 Å². The minimum Gasteiger partial charge on any atom is -0.256 e. The number of nitriles is 1. The molecule has 5 heteroatoms. The van der Waals surface area contributed by atoms with Crippen LogP contribution in [0.15, 0.2) is 30.3 Å². The van der Waals surface area contributed by atoms with Crippen LogP contribution in [0.5, 0.6) is 0 Å². The van der Waals surface area contributed by atoms with Gasteiger partial charge in [-0.15, -0.1) is 0 Å². The Morgan fingerprint density at radius 2 is 1.93 bits per heavy atom. The Labute approximate surface area is 89.8 Å². The Kier molecular flexibility index (Phi) is 3.69. The Balaban J connectivity index is 3.11. The molecule has 0 aliphatic rings. The van der Waals surface area contributed by atoms with Crippen LogP contribution in [0.3, 0.4) is 0 Å². The van der Waals surface area contributed by atoms with Crippen LogP contribution >= 0.6 is 0 Å². The largest absolute Gasteiger partial charge is 0.256 e. The van der Waals surface area contributed by atoms with Gasteiger partial charge in [-0.3, -0.25) is 4.31 Å². The molecule has 0 heterocycles. The summed E-state index contributed by atoms with van der Waals surface area (Å²) < 4.78 is 24.4. The van der Waals surface area contributed by atoms with Gasteiger partial charge >= 0.3 is 0 Å². The van der Waals surface area contributed by atoms with Crippen molar-refractivity contribution in [2.75, 3.05) is 16.6 Å². The molecular weight excluding hydrogens is 212 g/mol. The molecule has 1 aromatic carbocycles. The van der Waals surface area contributed by atoms with Crippen molar-refractivity contribution in [1.82, 2.24) is 0 Å². The van der Waals surface area contributed by atoms with E-state index in [1.54, 1.807) is 37.3 Å². The molecule has 0 aromatic heterocycles. The summed E-state index contributed by atoms with van der Waals surface area (Å²) >= 11 is 0. The third kappa shape index (κ3) is 2.70. The maximum Gasteiger partial charge on any atom is 0.235 e.